The van der Waals surface area contributed by atoms with Crippen molar-refractivity contribution in [2.75, 3.05) is 20.8 Å². The lowest BCUT2D eigenvalue weighted by molar-refractivity contribution is -0.121. The molecule has 1 saturated heterocycles. The molecule has 1 aliphatic rings. The normalized spacial score (nSPS) is 18.1. The third-order valence-electron chi connectivity index (χ3n) is 3.73. The third-order valence-corrected chi connectivity index (χ3v) is 3.73. The molecule has 1 unspecified atom stereocenters. The fraction of sp³-hybridized carbons (Fsp3) is 0.500. The van der Waals surface area contributed by atoms with Crippen molar-refractivity contribution in [1.82, 2.24) is 10.6 Å². The summed E-state index contributed by atoms with van der Waals surface area (Å²) in [7, 11) is 3.08. The molecule has 6 heteroatoms. The van der Waals surface area contributed by atoms with E-state index >= 15 is 0 Å². The number of rotatable bonds is 5. The van der Waals surface area contributed by atoms with Crippen LogP contribution in [-0.2, 0) is 4.79 Å². The van der Waals surface area contributed by atoms with Gasteiger partial charge in [0.2, 0.25) is 5.91 Å². The lowest BCUT2D eigenvalue weighted by Gasteiger charge is -2.17. The number of methoxy groups -OCH3 is 2. The molecule has 6 nitrogen and oxygen atoms in total. The van der Waals surface area contributed by atoms with E-state index in [0.717, 1.165) is 19.3 Å². The van der Waals surface area contributed by atoms with Gasteiger partial charge in [-0.1, -0.05) is 6.42 Å². The number of hydrogen-bond acceptors (Lipinski definition) is 4. The van der Waals surface area contributed by atoms with Crippen LogP contribution >= 0.6 is 0 Å². The van der Waals surface area contributed by atoms with E-state index in [1.807, 2.05) is 0 Å². The zero-order chi connectivity index (χ0) is 15.9. The second kappa shape index (κ2) is 7.68. The molecule has 0 aromatic heterocycles. The van der Waals surface area contributed by atoms with E-state index in [2.05, 4.69) is 10.6 Å². The molecule has 2 rings (SSSR count). The van der Waals surface area contributed by atoms with Gasteiger partial charge >= 0.3 is 0 Å². The van der Waals surface area contributed by atoms with Gasteiger partial charge in [-0.15, -0.1) is 0 Å². The highest BCUT2D eigenvalue weighted by Gasteiger charge is 2.17. The van der Waals surface area contributed by atoms with E-state index in [0.29, 0.717) is 30.0 Å². The molecule has 1 aromatic carbocycles. The van der Waals surface area contributed by atoms with Crippen molar-refractivity contribution in [3.63, 3.8) is 0 Å². The van der Waals surface area contributed by atoms with E-state index in [-0.39, 0.29) is 17.9 Å². The van der Waals surface area contributed by atoms with E-state index in [4.69, 9.17) is 9.47 Å². The number of benzene rings is 1. The van der Waals surface area contributed by atoms with Gasteiger partial charge in [-0.3, -0.25) is 9.59 Å². The summed E-state index contributed by atoms with van der Waals surface area (Å²) in [6, 6.07) is 5.02. The second-order valence-electron chi connectivity index (χ2n) is 5.29. The van der Waals surface area contributed by atoms with Gasteiger partial charge in [0.25, 0.3) is 5.91 Å². The van der Waals surface area contributed by atoms with Gasteiger partial charge in [-0.05, 0) is 31.0 Å². The Morgan fingerprint density at radius 3 is 2.77 bits per heavy atom. The SMILES string of the molecule is COc1ccc(C(=O)NCC2CCCCC(=O)N2)cc1OC. The van der Waals surface area contributed by atoms with Gasteiger partial charge in [0.05, 0.1) is 14.2 Å². The summed E-state index contributed by atoms with van der Waals surface area (Å²) in [6.45, 7) is 0.429. The molecule has 1 fully saturated rings. The van der Waals surface area contributed by atoms with Crippen LogP contribution in [-0.4, -0.2) is 38.6 Å². The Hall–Kier alpha value is -2.24. The van der Waals surface area contributed by atoms with Gasteiger partial charge in [0, 0.05) is 24.6 Å². The van der Waals surface area contributed by atoms with E-state index in [9.17, 15) is 9.59 Å². The molecule has 0 aliphatic carbocycles. The maximum Gasteiger partial charge on any atom is 0.251 e. The van der Waals surface area contributed by atoms with Crippen LogP contribution in [0, 0.1) is 0 Å². The molecular weight excluding hydrogens is 284 g/mol. The van der Waals surface area contributed by atoms with Crippen molar-refractivity contribution >= 4 is 11.8 Å². The van der Waals surface area contributed by atoms with E-state index < -0.39 is 0 Å². The van der Waals surface area contributed by atoms with Crippen LogP contribution in [0.1, 0.15) is 36.0 Å². The maximum atomic E-state index is 12.2. The lowest BCUT2D eigenvalue weighted by Crippen LogP contribution is -2.42. The Morgan fingerprint density at radius 2 is 2.05 bits per heavy atom. The molecule has 2 N–H and O–H groups in total. The molecule has 0 saturated carbocycles. The Balaban J connectivity index is 1.95. The maximum absolute atomic E-state index is 12.2. The van der Waals surface area contributed by atoms with E-state index in [1.54, 1.807) is 25.3 Å². The molecule has 0 bridgehead atoms. The van der Waals surface area contributed by atoms with Crippen LogP contribution in [0.2, 0.25) is 0 Å². The molecule has 120 valence electrons. The average Bonchev–Trinajstić information content (AvgIpc) is 2.75. The number of ether oxygens (including phenoxy) is 2. The van der Waals surface area contributed by atoms with Crippen LogP contribution in [0.25, 0.3) is 0 Å². The summed E-state index contributed by atoms with van der Waals surface area (Å²) in [4.78, 5) is 23.7. The van der Waals surface area contributed by atoms with Crippen molar-refractivity contribution in [3.8, 4) is 11.5 Å². The van der Waals surface area contributed by atoms with Crippen molar-refractivity contribution < 1.29 is 19.1 Å². The minimum Gasteiger partial charge on any atom is -0.493 e. The fourth-order valence-corrected chi connectivity index (χ4v) is 2.50. The molecule has 1 heterocycles. The van der Waals surface area contributed by atoms with Crippen LogP contribution < -0.4 is 20.1 Å². The quantitative estimate of drug-likeness (QED) is 0.864. The van der Waals surface area contributed by atoms with Gasteiger partial charge in [-0.2, -0.15) is 0 Å². The summed E-state index contributed by atoms with van der Waals surface area (Å²) in [6.07, 6.45) is 3.36. The molecular formula is C16H22N2O4. The van der Waals surface area contributed by atoms with Gasteiger partial charge in [-0.25, -0.2) is 0 Å². The summed E-state index contributed by atoms with van der Waals surface area (Å²) in [5, 5.41) is 5.78. The van der Waals surface area contributed by atoms with Crippen molar-refractivity contribution in [2.45, 2.75) is 31.7 Å². The van der Waals surface area contributed by atoms with Crippen LogP contribution in [0.4, 0.5) is 0 Å². The smallest absolute Gasteiger partial charge is 0.251 e. The fourth-order valence-electron chi connectivity index (χ4n) is 2.50. The first-order chi connectivity index (χ1) is 10.6. The first kappa shape index (κ1) is 16.1. The topological polar surface area (TPSA) is 76.7 Å². The molecule has 1 atom stereocenters. The first-order valence-electron chi connectivity index (χ1n) is 7.43. The predicted octanol–water partition coefficient (Wildman–Crippen LogP) is 1.49. The molecule has 2 amide bonds. The second-order valence-corrected chi connectivity index (χ2v) is 5.29. The summed E-state index contributed by atoms with van der Waals surface area (Å²) < 4.78 is 10.3. The number of carbonyl (C=O) groups is 2. The Bertz CT molecular complexity index is 545. The average molecular weight is 306 g/mol. The molecule has 22 heavy (non-hydrogen) atoms. The summed E-state index contributed by atoms with van der Waals surface area (Å²) in [5.74, 6) is 0.954. The Morgan fingerprint density at radius 1 is 1.27 bits per heavy atom. The van der Waals surface area contributed by atoms with Crippen LogP contribution in [0.3, 0.4) is 0 Å². The number of nitrogens with one attached hydrogen (secondary N) is 2. The van der Waals surface area contributed by atoms with E-state index in [1.165, 1.54) is 7.11 Å². The van der Waals surface area contributed by atoms with Gasteiger partial charge < -0.3 is 20.1 Å². The summed E-state index contributed by atoms with van der Waals surface area (Å²) in [5.41, 5.74) is 0.498. The zero-order valence-corrected chi connectivity index (χ0v) is 13.0. The monoisotopic (exact) mass is 306 g/mol. The zero-order valence-electron chi connectivity index (χ0n) is 13.0. The molecule has 1 aliphatic heterocycles. The standard InChI is InChI=1S/C16H22N2O4/c1-21-13-8-7-11(9-14(13)22-2)16(20)17-10-12-5-3-4-6-15(19)18-12/h7-9,12H,3-6,10H2,1-2H3,(H,17,20)(H,18,19). The highest BCUT2D eigenvalue weighted by molar-refractivity contribution is 5.95. The number of carbonyl (C=O) groups excluding carboxylic acids is 2. The largest absolute Gasteiger partial charge is 0.493 e. The highest BCUT2D eigenvalue weighted by Crippen LogP contribution is 2.27. The molecule has 0 radical (unpaired) electrons. The summed E-state index contributed by atoms with van der Waals surface area (Å²) >= 11 is 0. The van der Waals surface area contributed by atoms with Crippen LogP contribution in [0.15, 0.2) is 18.2 Å². The number of amides is 2. The van der Waals surface area contributed by atoms with Gasteiger partial charge in [0.15, 0.2) is 11.5 Å². The minimum absolute atomic E-state index is 0.000839. The predicted molar refractivity (Wildman–Crippen MR) is 82.3 cm³/mol. The lowest BCUT2D eigenvalue weighted by atomic mass is 10.1. The Labute approximate surface area is 130 Å². The Kier molecular flexibility index (Phi) is 5.63. The van der Waals surface area contributed by atoms with Crippen LogP contribution in [0.5, 0.6) is 11.5 Å². The van der Waals surface area contributed by atoms with Crippen molar-refractivity contribution in [3.05, 3.63) is 23.8 Å². The first-order valence-corrected chi connectivity index (χ1v) is 7.43. The minimum atomic E-state index is -0.195. The van der Waals surface area contributed by atoms with Gasteiger partial charge in [0.1, 0.15) is 0 Å². The number of hydrogen-bond donors (Lipinski definition) is 2. The van der Waals surface area contributed by atoms with Crippen molar-refractivity contribution in [1.29, 1.82) is 0 Å². The molecule has 0 spiro atoms. The molecule has 1 aromatic rings. The highest BCUT2D eigenvalue weighted by atomic mass is 16.5. The van der Waals surface area contributed by atoms with Crippen molar-refractivity contribution in [2.24, 2.45) is 0 Å². The third kappa shape index (κ3) is 4.13.